The third-order valence-electron chi connectivity index (χ3n) is 4.23. The van der Waals surface area contributed by atoms with Crippen molar-refractivity contribution >= 4 is 8.80 Å². The van der Waals surface area contributed by atoms with Gasteiger partial charge in [-0.2, -0.15) is 0 Å². The fourth-order valence-corrected chi connectivity index (χ4v) is 6.09. The number of rotatable bonds is 9. The first kappa shape index (κ1) is 15.4. The summed E-state index contributed by atoms with van der Waals surface area (Å²) in [6.07, 6.45) is 4.04. The summed E-state index contributed by atoms with van der Waals surface area (Å²) in [6.45, 7) is 10.3. The van der Waals surface area contributed by atoms with Gasteiger partial charge in [-0.15, -0.1) is 0 Å². The van der Waals surface area contributed by atoms with Gasteiger partial charge in [0.1, 0.15) is 0 Å². The molecule has 2 fully saturated rings. The fraction of sp³-hybridized carbons (Fsp3) is 1.00. The lowest BCUT2D eigenvalue weighted by molar-refractivity contribution is 0.0687. The number of hydrogen-bond donors (Lipinski definition) is 0. The van der Waals surface area contributed by atoms with E-state index in [-0.39, 0.29) is 5.60 Å². The van der Waals surface area contributed by atoms with Gasteiger partial charge in [0.25, 0.3) is 0 Å². The van der Waals surface area contributed by atoms with E-state index in [2.05, 4.69) is 6.92 Å². The van der Waals surface area contributed by atoms with Gasteiger partial charge < -0.3 is 18.0 Å². The van der Waals surface area contributed by atoms with E-state index < -0.39 is 8.80 Å². The van der Waals surface area contributed by atoms with Crippen LogP contribution >= 0.6 is 0 Å². The van der Waals surface area contributed by atoms with Gasteiger partial charge in [-0.05, 0) is 52.9 Å². The van der Waals surface area contributed by atoms with Gasteiger partial charge in [-0.3, -0.25) is 0 Å². The Balaban J connectivity index is 1.84. The third kappa shape index (κ3) is 3.58. The molecule has 2 rings (SSSR count). The minimum Gasteiger partial charge on any atom is -0.374 e. The molecule has 19 heavy (non-hydrogen) atoms. The smallest absolute Gasteiger partial charge is 0.374 e. The zero-order valence-corrected chi connectivity index (χ0v) is 13.7. The molecule has 112 valence electrons. The topological polar surface area (TPSA) is 40.2 Å². The van der Waals surface area contributed by atoms with E-state index in [1.165, 1.54) is 12.8 Å². The Morgan fingerprint density at radius 3 is 2.11 bits per heavy atom. The van der Waals surface area contributed by atoms with Crippen molar-refractivity contribution in [3.63, 3.8) is 0 Å². The van der Waals surface area contributed by atoms with E-state index >= 15 is 0 Å². The maximum absolute atomic E-state index is 5.90. The van der Waals surface area contributed by atoms with Crippen molar-refractivity contribution in [1.29, 1.82) is 0 Å². The molecule has 0 aromatic rings. The van der Waals surface area contributed by atoms with Crippen molar-refractivity contribution in [3.8, 4) is 0 Å². The molecule has 3 atom stereocenters. The average Bonchev–Trinajstić information content (AvgIpc) is 2.87. The number of hydrogen-bond acceptors (Lipinski definition) is 4. The van der Waals surface area contributed by atoms with Crippen LogP contribution in [0.2, 0.25) is 6.04 Å². The van der Waals surface area contributed by atoms with Gasteiger partial charge >= 0.3 is 8.80 Å². The highest BCUT2D eigenvalue weighted by molar-refractivity contribution is 6.60. The second-order valence-electron chi connectivity index (χ2n) is 5.75. The van der Waals surface area contributed by atoms with Crippen LogP contribution in [-0.4, -0.2) is 40.3 Å². The van der Waals surface area contributed by atoms with Crippen molar-refractivity contribution in [2.75, 3.05) is 19.8 Å². The molecule has 0 amide bonds. The van der Waals surface area contributed by atoms with E-state index in [4.69, 9.17) is 18.0 Å². The summed E-state index contributed by atoms with van der Waals surface area (Å²) in [7, 11) is -2.44. The van der Waals surface area contributed by atoms with E-state index in [0.29, 0.717) is 25.9 Å². The molecule has 1 heterocycles. The van der Waals surface area contributed by atoms with Gasteiger partial charge in [-0.1, -0.05) is 0 Å². The molecule has 2 unspecified atom stereocenters. The lowest BCUT2D eigenvalue weighted by Crippen LogP contribution is -2.46. The predicted octanol–water partition coefficient (Wildman–Crippen LogP) is 2.99. The second kappa shape index (κ2) is 6.22. The van der Waals surface area contributed by atoms with Crippen molar-refractivity contribution < 1.29 is 18.0 Å². The largest absolute Gasteiger partial charge is 0.500 e. The molecule has 2 aliphatic rings. The molecule has 0 bridgehead atoms. The van der Waals surface area contributed by atoms with Gasteiger partial charge in [0.05, 0.1) is 11.7 Å². The second-order valence-corrected chi connectivity index (χ2v) is 8.48. The first-order valence-corrected chi connectivity index (χ1v) is 9.60. The van der Waals surface area contributed by atoms with Gasteiger partial charge in [-0.25, -0.2) is 0 Å². The lowest BCUT2D eigenvalue weighted by atomic mass is 10.0. The Kier molecular flexibility index (Phi) is 5.06. The molecule has 0 aromatic carbocycles. The Hall–Kier alpha value is 0.0569. The third-order valence-corrected chi connectivity index (χ3v) is 7.31. The first-order valence-electron chi connectivity index (χ1n) is 7.67. The highest BCUT2D eigenvalue weighted by atomic mass is 28.4. The molecule has 1 aliphatic heterocycles. The monoisotopic (exact) mass is 288 g/mol. The maximum Gasteiger partial charge on any atom is 0.500 e. The SMILES string of the molecule is CCO[Si](CCC1CC2O[C@]2(C)C1)(OCC)OCC. The number of epoxide rings is 1. The Morgan fingerprint density at radius 1 is 1.11 bits per heavy atom. The molecule has 1 saturated carbocycles. The van der Waals surface area contributed by atoms with Gasteiger partial charge in [0.2, 0.25) is 0 Å². The molecule has 1 saturated heterocycles. The van der Waals surface area contributed by atoms with Crippen molar-refractivity contribution in [3.05, 3.63) is 0 Å². The molecule has 5 heteroatoms. The summed E-state index contributed by atoms with van der Waals surface area (Å²) >= 11 is 0. The molecule has 0 N–H and O–H groups in total. The lowest BCUT2D eigenvalue weighted by Gasteiger charge is -2.29. The fourth-order valence-electron chi connectivity index (χ4n) is 3.33. The van der Waals surface area contributed by atoms with Crippen molar-refractivity contribution in [2.24, 2.45) is 5.92 Å². The standard InChI is InChI=1S/C14H28O4Si/c1-5-15-19(16-6-2,17-7-3)9-8-12-10-13-14(4,11-12)18-13/h12-13H,5-11H2,1-4H3/t12?,13?,14-/m1/s1. The Morgan fingerprint density at radius 2 is 1.68 bits per heavy atom. The average molecular weight is 288 g/mol. The van der Waals surface area contributed by atoms with Crippen LogP contribution in [-0.2, 0) is 18.0 Å². The molecule has 0 radical (unpaired) electrons. The summed E-state index contributed by atoms with van der Waals surface area (Å²) in [4.78, 5) is 0. The Bertz CT molecular complexity index is 282. The first-order chi connectivity index (χ1) is 9.07. The minimum absolute atomic E-state index is 0.192. The van der Waals surface area contributed by atoms with Crippen LogP contribution in [0.5, 0.6) is 0 Å². The normalized spacial score (nSPS) is 33.5. The van der Waals surface area contributed by atoms with Crippen molar-refractivity contribution in [2.45, 2.75) is 64.7 Å². The van der Waals surface area contributed by atoms with Crippen LogP contribution in [0.15, 0.2) is 0 Å². The zero-order valence-electron chi connectivity index (χ0n) is 12.7. The summed E-state index contributed by atoms with van der Waals surface area (Å²) in [6, 6.07) is 0.940. The van der Waals surface area contributed by atoms with E-state index in [9.17, 15) is 0 Å². The van der Waals surface area contributed by atoms with Crippen molar-refractivity contribution in [1.82, 2.24) is 0 Å². The number of fused-ring (bicyclic) bond motifs is 1. The van der Waals surface area contributed by atoms with E-state index in [0.717, 1.165) is 18.4 Å². The molecule has 0 spiro atoms. The van der Waals surface area contributed by atoms with Crippen LogP contribution in [0.3, 0.4) is 0 Å². The van der Waals surface area contributed by atoms with Gasteiger partial charge in [0, 0.05) is 25.9 Å². The quantitative estimate of drug-likeness (QED) is 0.483. The number of ether oxygens (including phenoxy) is 1. The van der Waals surface area contributed by atoms with Crippen LogP contribution in [0.4, 0.5) is 0 Å². The summed E-state index contributed by atoms with van der Waals surface area (Å²) < 4.78 is 23.4. The van der Waals surface area contributed by atoms with Crippen LogP contribution in [0.1, 0.15) is 47.0 Å². The van der Waals surface area contributed by atoms with E-state index in [1.54, 1.807) is 0 Å². The summed E-state index contributed by atoms with van der Waals surface area (Å²) in [5.74, 6) is 0.747. The highest BCUT2D eigenvalue weighted by Gasteiger charge is 2.59. The molecule has 0 aromatic heterocycles. The molecular formula is C14H28O4Si. The van der Waals surface area contributed by atoms with Gasteiger partial charge in [0.15, 0.2) is 0 Å². The zero-order chi connectivity index (χ0) is 13.9. The molecule has 1 aliphatic carbocycles. The predicted molar refractivity (Wildman–Crippen MR) is 76.1 cm³/mol. The van der Waals surface area contributed by atoms with Crippen LogP contribution < -0.4 is 0 Å². The van der Waals surface area contributed by atoms with E-state index in [1.807, 2.05) is 20.8 Å². The Labute approximate surface area is 118 Å². The minimum atomic E-state index is -2.44. The van der Waals surface area contributed by atoms with Crippen LogP contribution in [0, 0.1) is 5.92 Å². The maximum atomic E-state index is 5.90. The molecule has 4 nitrogen and oxygen atoms in total. The summed E-state index contributed by atoms with van der Waals surface area (Å²) in [5.41, 5.74) is 0.192. The summed E-state index contributed by atoms with van der Waals surface area (Å²) in [5, 5.41) is 0. The molecular weight excluding hydrogens is 260 g/mol. The highest BCUT2D eigenvalue weighted by Crippen LogP contribution is 2.53. The van der Waals surface area contributed by atoms with Crippen LogP contribution in [0.25, 0.3) is 0 Å².